The summed E-state index contributed by atoms with van der Waals surface area (Å²) in [5, 5.41) is 14.9. The zero-order valence-corrected chi connectivity index (χ0v) is 14.7. The fourth-order valence-corrected chi connectivity index (χ4v) is 4.94. The van der Waals surface area contributed by atoms with E-state index in [4.69, 9.17) is 5.10 Å². The lowest BCUT2D eigenvalue weighted by Gasteiger charge is -2.23. The molecule has 126 valence electrons. The molecule has 1 fully saturated rings. The standard InChI is InChI=1S/C16H21N7S/c1-11-10-23-15(17-11)24-16(20-23)21-9-5-6-12(21)14-19-18-13-7-3-2-4-8-22(13)14/h10,12H,2-9H2,1H3. The van der Waals surface area contributed by atoms with Gasteiger partial charge in [0.15, 0.2) is 5.82 Å². The number of fused-ring (bicyclic) bond motifs is 2. The Balaban J connectivity index is 1.51. The highest BCUT2D eigenvalue weighted by atomic mass is 32.1. The SMILES string of the molecule is Cc1cn2nc(N3CCCC3c3nnc4n3CCCCC4)sc2n1. The average Bonchev–Trinajstić information content (AvgIpc) is 3.27. The van der Waals surface area contributed by atoms with Crippen LogP contribution in [0.1, 0.15) is 55.5 Å². The quantitative estimate of drug-likeness (QED) is 0.716. The predicted octanol–water partition coefficient (Wildman–Crippen LogP) is 2.76. The summed E-state index contributed by atoms with van der Waals surface area (Å²) in [7, 11) is 0. The molecule has 1 atom stereocenters. The minimum atomic E-state index is 0.293. The number of hydrogen-bond donors (Lipinski definition) is 0. The maximum absolute atomic E-state index is 4.75. The Bertz CT molecular complexity index is 845. The van der Waals surface area contributed by atoms with Gasteiger partial charge < -0.3 is 9.47 Å². The first-order chi connectivity index (χ1) is 11.8. The molecule has 5 rings (SSSR count). The van der Waals surface area contributed by atoms with Crippen molar-refractivity contribution in [3.8, 4) is 0 Å². The van der Waals surface area contributed by atoms with E-state index in [2.05, 4.69) is 24.6 Å². The van der Waals surface area contributed by atoms with Crippen LogP contribution in [-0.4, -0.2) is 35.9 Å². The molecule has 1 saturated heterocycles. The van der Waals surface area contributed by atoms with E-state index < -0.39 is 0 Å². The highest BCUT2D eigenvalue weighted by Crippen LogP contribution is 2.38. The van der Waals surface area contributed by atoms with E-state index in [9.17, 15) is 0 Å². The second kappa shape index (κ2) is 5.54. The molecule has 0 aliphatic carbocycles. The Morgan fingerprint density at radius 1 is 1.12 bits per heavy atom. The molecule has 7 nitrogen and oxygen atoms in total. The Morgan fingerprint density at radius 3 is 3.00 bits per heavy atom. The van der Waals surface area contributed by atoms with Crippen LogP contribution >= 0.6 is 11.3 Å². The van der Waals surface area contributed by atoms with E-state index in [0.717, 1.165) is 47.5 Å². The molecule has 0 saturated carbocycles. The van der Waals surface area contributed by atoms with Crippen molar-refractivity contribution in [1.82, 2.24) is 29.4 Å². The van der Waals surface area contributed by atoms with Crippen LogP contribution in [0.2, 0.25) is 0 Å². The first-order valence-corrected chi connectivity index (χ1v) is 9.63. The number of hydrogen-bond acceptors (Lipinski definition) is 6. The molecule has 0 amide bonds. The fourth-order valence-electron chi connectivity index (χ4n) is 3.93. The molecule has 5 heterocycles. The van der Waals surface area contributed by atoms with Gasteiger partial charge in [0.1, 0.15) is 5.82 Å². The van der Waals surface area contributed by atoms with Gasteiger partial charge in [0.05, 0.1) is 17.9 Å². The van der Waals surface area contributed by atoms with Gasteiger partial charge in [0, 0.05) is 19.5 Å². The summed E-state index contributed by atoms with van der Waals surface area (Å²) in [6.07, 6.45) is 9.10. The van der Waals surface area contributed by atoms with E-state index in [1.807, 2.05) is 17.6 Å². The molecule has 0 radical (unpaired) electrons. The van der Waals surface area contributed by atoms with Crippen LogP contribution in [0.25, 0.3) is 4.96 Å². The van der Waals surface area contributed by atoms with Gasteiger partial charge in [-0.1, -0.05) is 17.8 Å². The minimum Gasteiger partial charge on any atom is -0.336 e. The van der Waals surface area contributed by atoms with Crippen LogP contribution < -0.4 is 4.90 Å². The summed E-state index contributed by atoms with van der Waals surface area (Å²) >= 11 is 1.67. The summed E-state index contributed by atoms with van der Waals surface area (Å²) in [4.78, 5) is 7.90. The Labute approximate surface area is 144 Å². The number of rotatable bonds is 2. The first-order valence-electron chi connectivity index (χ1n) is 8.81. The molecule has 0 bridgehead atoms. The number of aromatic nitrogens is 6. The summed E-state index contributed by atoms with van der Waals surface area (Å²) in [5.41, 5.74) is 1.01. The van der Waals surface area contributed by atoms with Crippen molar-refractivity contribution in [2.45, 2.75) is 58.0 Å². The van der Waals surface area contributed by atoms with E-state index >= 15 is 0 Å². The fraction of sp³-hybridized carbons (Fsp3) is 0.625. The highest BCUT2D eigenvalue weighted by molar-refractivity contribution is 7.20. The van der Waals surface area contributed by atoms with Gasteiger partial charge in [-0.3, -0.25) is 0 Å². The Kier molecular flexibility index (Phi) is 3.32. The van der Waals surface area contributed by atoms with Crippen LogP contribution in [0.5, 0.6) is 0 Å². The largest absolute Gasteiger partial charge is 0.336 e. The van der Waals surface area contributed by atoms with Gasteiger partial charge in [0.25, 0.3) is 0 Å². The normalized spacial score (nSPS) is 21.4. The van der Waals surface area contributed by atoms with Crippen LogP contribution in [0.3, 0.4) is 0 Å². The molecule has 2 aliphatic heterocycles. The lowest BCUT2D eigenvalue weighted by atomic mass is 10.2. The third kappa shape index (κ3) is 2.23. The van der Waals surface area contributed by atoms with Gasteiger partial charge >= 0.3 is 0 Å². The van der Waals surface area contributed by atoms with E-state index in [1.165, 1.54) is 31.5 Å². The topological polar surface area (TPSA) is 64.1 Å². The van der Waals surface area contributed by atoms with E-state index in [1.54, 1.807) is 11.3 Å². The van der Waals surface area contributed by atoms with Crippen molar-refractivity contribution in [2.24, 2.45) is 0 Å². The number of aryl methyl sites for hydroxylation is 2. The van der Waals surface area contributed by atoms with Crippen molar-refractivity contribution in [1.29, 1.82) is 0 Å². The molecule has 3 aromatic heterocycles. The molecule has 0 spiro atoms. The molecule has 0 aromatic carbocycles. The van der Waals surface area contributed by atoms with Gasteiger partial charge in [-0.25, -0.2) is 9.50 Å². The number of imidazole rings is 1. The highest BCUT2D eigenvalue weighted by Gasteiger charge is 2.33. The van der Waals surface area contributed by atoms with Gasteiger partial charge in [0.2, 0.25) is 10.1 Å². The average molecular weight is 343 g/mol. The molecule has 0 N–H and O–H groups in total. The van der Waals surface area contributed by atoms with Crippen LogP contribution in [0.15, 0.2) is 6.20 Å². The molecule has 8 heteroatoms. The van der Waals surface area contributed by atoms with Crippen molar-refractivity contribution in [3.05, 3.63) is 23.5 Å². The molecular weight excluding hydrogens is 322 g/mol. The van der Waals surface area contributed by atoms with Crippen molar-refractivity contribution >= 4 is 21.4 Å². The van der Waals surface area contributed by atoms with Crippen molar-refractivity contribution in [3.63, 3.8) is 0 Å². The third-order valence-electron chi connectivity index (χ3n) is 5.09. The third-order valence-corrected chi connectivity index (χ3v) is 6.05. The molecular formula is C16H21N7S. The number of anilines is 1. The van der Waals surface area contributed by atoms with E-state index in [0.29, 0.717) is 6.04 Å². The lowest BCUT2D eigenvalue weighted by molar-refractivity contribution is 0.558. The summed E-state index contributed by atoms with van der Waals surface area (Å²) in [6, 6.07) is 0.293. The second-order valence-corrected chi connectivity index (χ2v) is 7.72. The molecule has 2 aliphatic rings. The smallest absolute Gasteiger partial charge is 0.214 e. The number of nitrogens with zero attached hydrogens (tertiary/aromatic N) is 7. The minimum absolute atomic E-state index is 0.293. The molecule has 3 aromatic rings. The Morgan fingerprint density at radius 2 is 2.08 bits per heavy atom. The lowest BCUT2D eigenvalue weighted by Crippen LogP contribution is -2.25. The monoisotopic (exact) mass is 343 g/mol. The maximum atomic E-state index is 4.75. The van der Waals surface area contributed by atoms with Crippen molar-refractivity contribution in [2.75, 3.05) is 11.4 Å². The Hall–Kier alpha value is -1.96. The summed E-state index contributed by atoms with van der Waals surface area (Å²) in [5.74, 6) is 2.30. The summed E-state index contributed by atoms with van der Waals surface area (Å²) < 4.78 is 4.27. The van der Waals surface area contributed by atoms with Crippen LogP contribution in [0, 0.1) is 6.92 Å². The zero-order chi connectivity index (χ0) is 16.1. The van der Waals surface area contributed by atoms with Crippen LogP contribution in [-0.2, 0) is 13.0 Å². The molecule has 24 heavy (non-hydrogen) atoms. The maximum Gasteiger partial charge on any atom is 0.214 e. The zero-order valence-electron chi connectivity index (χ0n) is 13.9. The van der Waals surface area contributed by atoms with Gasteiger partial charge in [-0.05, 0) is 32.6 Å². The van der Waals surface area contributed by atoms with Crippen molar-refractivity contribution < 1.29 is 0 Å². The first kappa shape index (κ1) is 14.4. The predicted molar refractivity (Wildman–Crippen MR) is 92.5 cm³/mol. The van der Waals surface area contributed by atoms with E-state index in [-0.39, 0.29) is 0 Å². The van der Waals surface area contributed by atoms with Gasteiger partial charge in [-0.15, -0.1) is 15.3 Å². The molecule has 1 unspecified atom stereocenters. The summed E-state index contributed by atoms with van der Waals surface area (Å²) in [6.45, 7) is 4.09. The second-order valence-electron chi connectivity index (χ2n) is 6.78. The van der Waals surface area contributed by atoms with Crippen LogP contribution in [0.4, 0.5) is 5.13 Å². The van der Waals surface area contributed by atoms with Gasteiger partial charge in [-0.2, -0.15) is 0 Å².